The Kier molecular flexibility index (Phi) is 7.47. The van der Waals surface area contributed by atoms with Gasteiger partial charge in [0.15, 0.2) is 0 Å². The van der Waals surface area contributed by atoms with E-state index < -0.39 is 0 Å². The molecule has 2 aliphatic carbocycles. The van der Waals surface area contributed by atoms with Crippen LogP contribution in [0.15, 0.2) is 67.8 Å². The summed E-state index contributed by atoms with van der Waals surface area (Å²) in [5.41, 5.74) is 7.72. The van der Waals surface area contributed by atoms with E-state index in [1.54, 1.807) is 6.21 Å². The lowest BCUT2D eigenvalue weighted by molar-refractivity contribution is 0.310. The quantitative estimate of drug-likeness (QED) is 0.167. The van der Waals surface area contributed by atoms with Crippen LogP contribution >= 0.6 is 31.9 Å². The lowest BCUT2D eigenvalue weighted by Crippen LogP contribution is -2.40. The molecule has 5 nitrogen and oxygen atoms in total. The van der Waals surface area contributed by atoms with Crippen LogP contribution in [0.4, 0.5) is 0 Å². The largest absolute Gasteiger partial charge is 0.411 e. The summed E-state index contributed by atoms with van der Waals surface area (Å²) in [7, 11) is 0. The molecule has 2 atom stereocenters. The molecule has 31 heavy (non-hydrogen) atoms. The van der Waals surface area contributed by atoms with Crippen molar-refractivity contribution in [2.45, 2.75) is 50.4 Å². The average molecular weight is 551 g/mol. The number of oxime groups is 2. The molecule has 0 bridgehead atoms. The zero-order valence-electron chi connectivity index (χ0n) is 17.8. The Hall–Kier alpha value is -1.86. The molecule has 4 rings (SSSR count). The smallest absolute Gasteiger partial charge is 0.149 e. The number of hydrogen-bond acceptors (Lipinski definition) is 4. The second-order valence-electron chi connectivity index (χ2n) is 8.78. The molecule has 2 aliphatic rings. The number of hydrogen-bond donors (Lipinski definition) is 3. The maximum absolute atomic E-state index is 8.92. The van der Waals surface area contributed by atoms with Crippen molar-refractivity contribution in [2.24, 2.45) is 27.9 Å². The SMILES string of the molecule is C[C@](/C(N)=N/O)(c1ccc(Br)cc1)C1CC1.C[C@](/C=N/O)(c1ccc(Br)cc1)C1CC1. The van der Waals surface area contributed by atoms with Crippen LogP contribution in [0.3, 0.4) is 0 Å². The number of amidine groups is 1. The normalized spacial score (nSPS) is 20.5. The van der Waals surface area contributed by atoms with E-state index in [4.69, 9.17) is 16.1 Å². The Morgan fingerprint density at radius 1 is 0.871 bits per heavy atom. The summed E-state index contributed by atoms with van der Waals surface area (Å²) in [5, 5.41) is 24.1. The summed E-state index contributed by atoms with van der Waals surface area (Å²) >= 11 is 6.83. The van der Waals surface area contributed by atoms with Crippen LogP contribution in [0.5, 0.6) is 0 Å². The molecule has 2 aromatic rings. The van der Waals surface area contributed by atoms with Gasteiger partial charge >= 0.3 is 0 Å². The molecule has 0 unspecified atom stereocenters. The zero-order valence-corrected chi connectivity index (χ0v) is 21.0. The first kappa shape index (κ1) is 23.8. The Balaban J connectivity index is 0.000000176. The number of nitrogens with zero attached hydrogens (tertiary/aromatic N) is 2. The van der Waals surface area contributed by atoms with Crippen molar-refractivity contribution in [2.75, 3.05) is 0 Å². The minimum Gasteiger partial charge on any atom is -0.411 e. The van der Waals surface area contributed by atoms with Crippen LogP contribution < -0.4 is 5.73 Å². The number of nitrogens with two attached hydrogens (primary N) is 1. The van der Waals surface area contributed by atoms with Crippen molar-refractivity contribution in [1.29, 1.82) is 0 Å². The van der Waals surface area contributed by atoms with Gasteiger partial charge in [0.1, 0.15) is 5.84 Å². The van der Waals surface area contributed by atoms with Gasteiger partial charge in [0.05, 0.1) is 11.6 Å². The highest BCUT2D eigenvalue weighted by Crippen LogP contribution is 2.48. The maximum atomic E-state index is 8.92. The first-order chi connectivity index (χ1) is 14.8. The molecule has 0 aliphatic heterocycles. The van der Waals surface area contributed by atoms with E-state index in [1.165, 1.54) is 18.4 Å². The fourth-order valence-electron chi connectivity index (χ4n) is 4.18. The first-order valence-corrected chi connectivity index (χ1v) is 12.0. The predicted molar refractivity (Wildman–Crippen MR) is 132 cm³/mol. The molecule has 0 aromatic heterocycles. The summed E-state index contributed by atoms with van der Waals surface area (Å²) in [5.74, 6) is 1.41. The fourth-order valence-corrected chi connectivity index (χ4v) is 4.71. The van der Waals surface area contributed by atoms with Gasteiger partial charge < -0.3 is 16.1 Å². The summed E-state index contributed by atoms with van der Waals surface area (Å²) in [4.78, 5) is 0. The third kappa shape index (κ3) is 5.32. The van der Waals surface area contributed by atoms with Crippen LogP contribution in [0, 0.1) is 11.8 Å². The second kappa shape index (κ2) is 9.74. The van der Waals surface area contributed by atoms with Crippen molar-refractivity contribution in [3.05, 3.63) is 68.6 Å². The molecule has 166 valence electrons. The number of benzene rings is 2. The fraction of sp³-hybridized carbons (Fsp3) is 0.417. The van der Waals surface area contributed by atoms with E-state index >= 15 is 0 Å². The van der Waals surface area contributed by atoms with E-state index in [1.807, 2.05) is 43.3 Å². The Labute approximate surface area is 200 Å². The molecular formula is C24H29Br2N3O2. The molecule has 0 heterocycles. The summed E-state index contributed by atoms with van der Waals surface area (Å²) in [6.45, 7) is 4.18. The lowest BCUT2D eigenvalue weighted by Gasteiger charge is -2.28. The predicted octanol–water partition coefficient (Wildman–Crippen LogP) is 6.44. The van der Waals surface area contributed by atoms with Crippen molar-refractivity contribution in [3.8, 4) is 0 Å². The van der Waals surface area contributed by atoms with Crippen LogP contribution in [-0.2, 0) is 10.8 Å². The molecule has 0 amide bonds. The third-order valence-electron chi connectivity index (χ3n) is 6.70. The van der Waals surface area contributed by atoms with Gasteiger partial charge in [-0.3, -0.25) is 0 Å². The molecule has 0 radical (unpaired) electrons. The first-order valence-electron chi connectivity index (χ1n) is 10.4. The maximum Gasteiger partial charge on any atom is 0.149 e. The van der Waals surface area contributed by atoms with E-state index in [2.05, 4.69) is 61.2 Å². The third-order valence-corrected chi connectivity index (χ3v) is 7.75. The standard InChI is InChI=1S/C12H15BrN2O.C12H14BrNO/c1-12(8-2-3-8,11(14)15-16)9-4-6-10(13)7-5-9;1-12(8-14-15,9-2-3-9)10-4-6-11(13)7-5-10/h4-8,16H,2-3H2,1H3,(H2,14,15);4-9,15H,2-3H2,1H3/b;14-8+/t2*12-/m11/s1. The Morgan fingerprint density at radius 2 is 1.32 bits per heavy atom. The minimum absolute atomic E-state index is 0.116. The van der Waals surface area contributed by atoms with Gasteiger partial charge in [0.2, 0.25) is 0 Å². The van der Waals surface area contributed by atoms with Gasteiger partial charge in [-0.2, -0.15) is 0 Å². The van der Waals surface area contributed by atoms with E-state index in [-0.39, 0.29) is 10.8 Å². The molecule has 0 saturated heterocycles. The van der Waals surface area contributed by atoms with Crippen molar-refractivity contribution >= 4 is 43.9 Å². The molecule has 2 aromatic carbocycles. The Morgan fingerprint density at radius 3 is 1.71 bits per heavy atom. The van der Waals surface area contributed by atoms with Crippen LogP contribution in [0.25, 0.3) is 0 Å². The highest BCUT2D eigenvalue weighted by atomic mass is 79.9. The van der Waals surface area contributed by atoms with E-state index in [0.29, 0.717) is 17.7 Å². The highest BCUT2D eigenvalue weighted by molar-refractivity contribution is 9.10. The van der Waals surface area contributed by atoms with Gasteiger partial charge in [-0.05, 0) is 79.8 Å². The summed E-state index contributed by atoms with van der Waals surface area (Å²) in [6, 6.07) is 16.3. The van der Waals surface area contributed by atoms with Crippen molar-refractivity contribution in [1.82, 2.24) is 0 Å². The van der Waals surface area contributed by atoms with Crippen LogP contribution in [0.2, 0.25) is 0 Å². The topological polar surface area (TPSA) is 91.2 Å². The molecule has 2 saturated carbocycles. The summed E-state index contributed by atoms with van der Waals surface area (Å²) < 4.78 is 2.11. The van der Waals surface area contributed by atoms with Gasteiger partial charge in [0.25, 0.3) is 0 Å². The van der Waals surface area contributed by atoms with Gasteiger partial charge in [0, 0.05) is 14.4 Å². The highest BCUT2D eigenvalue weighted by Gasteiger charge is 2.46. The van der Waals surface area contributed by atoms with Crippen molar-refractivity contribution < 1.29 is 10.4 Å². The average Bonchev–Trinajstić information content (AvgIpc) is 3.66. The van der Waals surface area contributed by atoms with Crippen LogP contribution in [0.1, 0.15) is 50.7 Å². The van der Waals surface area contributed by atoms with E-state index in [9.17, 15) is 0 Å². The van der Waals surface area contributed by atoms with Gasteiger partial charge in [-0.25, -0.2) is 0 Å². The molecule has 2 fully saturated rings. The molecular weight excluding hydrogens is 522 g/mol. The summed E-state index contributed by atoms with van der Waals surface area (Å²) in [6.07, 6.45) is 6.39. The number of rotatable bonds is 6. The number of halogens is 2. The minimum atomic E-state index is -0.338. The lowest BCUT2D eigenvalue weighted by atomic mass is 9.77. The Bertz CT molecular complexity index is 938. The molecule has 0 spiro atoms. The molecule has 4 N–H and O–H groups in total. The second-order valence-corrected chi connectivity index (χ2v) is 10.6. The van der Waals surface area contributed by atoms with Crippen molar-refractivity contribution in [3.63, 3.8) is 0 Å². The zero-order chi connectivity index (χ0) is 22.6. The van der Waals surface area contributed by atoms with E-state index in [0.717, 1.165) is 27.4 Å². The molecule has 7 heteroatoms. The van der Waals surface area contributed by atoms with Crippen LogP contribution in [-0.4, -0.2) is 22.5 Å². The van der Waals surface area contributed by atoms with Gasteiger partial charge in [-0.1, -0.05) is 68.2 Å². The van der Waals surface area contributed by atoms with Gasteiger partial charge in [-0.15, -0.1) is 5.16 Å². The monoisotopic (exact) mass is 549 g/mol.